The van der Waals surface area contributed by atoms with Crippen LogP contribution < -0.4 is 5.73 Å². The maximum Gasteiger partial charge on any atom is 0.303 e. The smallest absolute Gasteiger partial charge is 0.303 e. The number of aliphatic carboxylic acids is 1. The first-order valence-corrected chi connectivity index (χ1v) is 6.43. The average molecular weight is 223 g/mol. The monoisotopic (exact) mass is 223 g/mol. The van der Waals surface area contributed by atoms with Gasteiger partial charge in [-0.05, 0) is 60.8 Å². The molecule has 2 bridgehead atoms. The van der Waals surface area contributed by atoms with Crippen molar-refractivity contribution in [2.24, 2.45) is 34.3 Å². The third kappa shape index (κ3) is 1.10. The summed E-state index contributed by atoms with van der Waals surface area (Å²) in [6.07, 6.45) is 5.34. The highest BCUT2D eigenvalue weighted by Gasteiger charge is 2.68. The lowest BCUT2D eigenvalue weighted by Gasteiger charge is -2.59. The van der Waals surface area contributed by atoms with Gasteiger partial charge in [0, 0.05) is 0 Å². The largest absolute Gasteiger partial charge is 0.481 e. The molecule has 16 heavy (non-hydrogen) atoms. The van der Waals surface area contributed by atoms with Crippen molar-refractivity contribution in [3.05, 3.63) is 0 Å². The van der Waals surface area contributed by atoms with Gasteiger partial charge in [0.2, 0.25) is 0 Å². The Balaban J connectivity index is 1.90. The molecular weight excluding hydrogens is 202 g/mol. The molecule has 0 aromatic heterocycles. The van der Waals surface area contributed by atoms with E-state index in [0.717, 1.165) is 5.92 Å². The number of carbonyl (C=O) groups is 1. The van der Waals surface area contributed by atoms with Crippen LogP contribution in [-0.4, -0.2) is 17.6 Å². The highest BCUT2D eigenvalue weighted by atomic mass is 16.4. The van der Waals surface area contributed by atoms with Crippen LogP contribution in [0.25, 0.3) is 0 Å². The quantitative estimate of drug-likeness (QED) is 0.767. The first-order chi connectivity index (χ1) is 7.51. The van der Waals surface area contributed by atoms with Crippen LogP contribution >= 0.6 is 0 Å². The molecule has 0 aliphatic heterocycles. The summed E-state index contributed by atoms with van der Waals surface area (Å²) in [7, 11) is 0. The summed E-state index contributed by atoms with van der Waals surface area (Å²) < 4.78 is 0. The summed E-state index contributed by atoms with van der Waals surface area (Å²) in [5.41, 5.74) is 6.39. The summed E-state index contributed by atoms with van der Waals surface area (Å²) in [6, 6.07) is 0. The van der Waals surface area contributed by atoms with Crippen LogP contribution in [0.1, 0.15) is 39.0 Å². The molecule has 0 radical (unpaired) electrons. The second-order valence-corrected chi connectivity index (χ2v) is 6.64. The van der Waals surface area contributed by atoms with Crippen LogP contribution in [-0.2, 0) is 4.79 Å². The number of carboxylic acid groups (broad SMARTS) is 1. The number of hydrogen-bond acceptors (Lipinski definition) is 2. The molecule has 0 aromatic carbocycles. The third-order valence-electron chi connectivity index (χ3n) is 5.87. The van der Waals surface area contributed by atoms with Crippen LogP contribution in [0.15, 0.2) is 0 Å². The molecule has 3 fully saturated rings. The van der Waals surface area contributed by atoms with Gasteiger partial charge in [-0.15, -0.1) is 0 Å². The predicted molar refractivity (Wildman–Crippen MR) is 60.8 cm³/mol. The SMILES string of the molecule is C[C@@]12CC[C@H]3[C@@H](C1)[C@@H](C2)[C@@]3(CN)CC(=O)O. The van der Waals surface area contributed by atoms with Gasteiger partial charge >= 0.3 is 5.97 Å². The topological polar surface area (TPSA) is 63.3 Å². The predicted octanol–water partition coefficient (Wildman–Crippen LogP) is 1.86. The average Bonchev–Trinajstić information content (AvgIpc) is 2.37. The molecule has 0 saturated heterocycles. The van der Waals surface area contributed by atoms with Gasteiger partial charge in [-0.25, -0.2) is 0 Å². The minimum atomic E-state index is -0.663. The van der Waals surface area contributed by atoms with E-state index in [0.29, 0.717) is 30.2 Å². The molecular formula is C13H21NO2. The Hall–Kier alpha value is -0.570. The maximum absolute atomic E-state index is 11.1. The standard InChI is InChI=1S/C13H21NO2/c1-12-3-2-9-8(4-12)10(5-12)13(9,7-14)6-11(15)16/h8-10H,2-7,14H2,1H3,(H,15,16)/t8-,9+,10-,12-,13-/m1/s1. The van der Waals surface area contributed by atoms with E-state index in [2.05, 4.69) is 6.92 Å². The van der Waals surface area contributed by atoms with Crippen molar-refractivity contribution in [3.63, 3.8) is 0 Å². The number of fused-ring (bicyclic) bond motifs is 1. The van der Waals surface area contributed by atoms with Gasteiger partial charge in [-0.2, -0.15) is 0 Å². The number of nitrogens with two attached hydrogens (primary N) is 1. The fourth-order valence-corrected chi connectivity index (χ4v) is 5.24. The first kappa shape index (κ1) is 10.6. The van der Waals surface area contributed by atoms with Gasteiger partial charge in [0.25, 0.3) is 0 Å². The lowest BCUT2D eigenvalue weighted by atomic mass is 9.45. The summed E-state index contributed by atoms with van der Waals surface area (Å²) in [4.78, 5) is 11.1. The highest BCUT2D eigenvalue weighted by Crippen LogP contribution is 2.73. The molecule has 0 aromatic rings. The first-order valence-electron chi connectivity index (χ1n) is 6.43. The van der Waals surface area contributed by atoms with E-state index in [4.69, 9.17) is 10.8 Å². The van der Waals surface area contributed by atoms with Crippen LogP contribution in [0.5, 0.6) is 0 Å². The molecule has 3 aliphatic carbocycles. The zero-order chi connectivity index (χ0) is 11.6. The number of carboxylic acids is 1. The van der Waals surface area contributed by atoms with Crippen molar-refractivity contribution in [3.8, 4) is 0 Å². The van der Waals surface area contributed by atoms with Crippen molar-refractivity contribution < 1.29 is 9.90 Å². The Morgan fingerprint density at radius 2 is 2.19 bits per heavy atom. The van der Waals surface area contributed by atoms with Crippen molar-refractivity contribution in [1.82, 2.24) is 0 Å². The third-order valence-corrected chi connectivity index (χ3v) is 5.87. The minimum Gasteiger partial charge on any atom is -0.481 e. The van der Waals surface area contributed by atoms with Crippen LogP contribution in [0.4, 0.5) is 0 Å². The summed E-state index contributed by atoms with van der Waals surface area (Å²) in [5.74, 6) is 1.34. The van der Waals surface area contributed by atoms with E-state index in [1.165, 1.54) is 25.7 Å². The van der Waals surface area contributed by atoms with Crippen molar-refractivity contribution in [1.29, 1.82) is 0 Å². The van der Waals surface area contributed by atoms with Crippen LogP contribution in [0.2, 0.25) is 0 Å². The molecule has 0 heterocycles. The van der Waals surface area contributed by atoms with Crippen LogP contribution in [0, 0.1) is 28.6 Å². The molecule has 5 atom stereocenters. The molecule has 3 aliphatic rings. The van der Waals surface area contributed by atoms with Gasteiger partial charge in [-0.3, -0.25) is 4.79 Å². The summed E-state index contributed by atoms with van der Waals surface area (Å²) >= 11 is 0. The van der Waals surface area contributed by atoms with E-state index >= 15 is 0 Å². The summed E-state index contributed by atoms with van der Waals surface area (Å²) in [5, 5.41) is 9.10. The second-order valence-electron chi connectivity index (χ2n) is 6.64. The number of rotatable bonds is 3. The van der Waals surface area contributed by atoms with Crippen molar-refractivity contribution in [2.75, 3.05) is 6.54 Å². The fourth-order valence-electron chi connectivity index (χ4n) is 5.24. The molecule has 0 amide bonds. The van der Waals surface area contributed by atoms with Gasteiger partial charge < -0.3 is 10.8 Å². The lowest BCUT2D eigenvalue weighted by molar-refractivity contribution is -0.156. The molecule has 3 nitrogen and oxygen atoms in total. The van der Waals surface area contributed by atoms with Gasteiger partial charge in [0.1, 0.15) is 0 Å². The van der Waals surface area contributed by atoms with Gasteiger partial charge in [0.15, 0.2) is 0 Å². The van der Waals surface area contributed by atoms with E-state index in [1.807, 2.05) is 0 Å². The molecule has 3 heteroatoms. The molecule has 90 valence electrons. The fraction of sp³-hybridized carbons (Fsp3) is 0.923. The summed E-state index contributed by atoms with van der Waals surface area (Å²) in [6.45, 7) is 2.95. The zero-order valence-corrected chi connectivity index (χ0v) is 9.91. The number of hydrogen-bond donors (Lipinski definition) is 2. The molecule has 3 rings (SSSR count). The molecule has 3 saturated carbocycles. The zero-order valence-electron chi connectivity index (χ0n) is 9.91. The Morgan fingerprint density at radius 1 is 1.44 bits per heavy atom. The van der Waals surface area contributed by atoms with Crippen molar-refractivity contribution >= 4 is 5.97 Å². The van der Waals surface area contributed by atoms with E-state index in [-0.39, 0.29) is 5.41 Å². The van der Waals surface area contributed by atoms with Crippen molar-refractivity contribution in [2.45, 2.75) is 39.0 Å². The van der Waals surface area contributed by atoms with E-state index in [9.17, 15) is 4.79 Å². The van der Waals surface area contributed by atoms with Gasteiger partial charge in [-0.1, -0.05) is 6.92 Å². The molecule has 3 N–H and O–H groups in total. The Bertz CT molecular complexity index is 343. The maximum atomic E-state index is 11.1. The molecule has 0 unspecified atom stereocenters. The van der Waals surface area contributed by atoms with E-state index < -0.39 is 5.97 Å². The Labute approximate surface area is 96.4 Å². The Kier molecular flexibility index (Phi) is 1.99. The van der Waals surface area contributed by atoms with Crippen LogP contribution in [0.3, 0.4) is 0 Å². The van der Waals surface area contributed by atoms with Gasteiger partial charge in [0.05, 0.1) is 6.42 Å². The highest BCUT2D eigenvalue weighted by molar-refractivity contribution is 5.68. The lowest BCUT2D eigenvalue weighted by Crippen LogP contribution is -2.59. The minimum absolute atomic E-state index is 0.0508. The second kappa shape index (κ2) is 3.00. The molecule has 0 spiro atoms. The normalized spacial score (nSPS) is 53.5. The van der Waals surface area contributed by atoms with E-state index in [1.54, 1.807) is 0 Å². The Morgan fingerprint density at radius 3 is 2.81 bits per heavy atom.